The van der Waals surface area contributed by atoms with Crippen LogP contribution in [0.3, 0.4) is 0 Å². The molecule has 0 spiro atoms. The highest BCUT2D eigenvalue weighted by Gasteiger charge is 2.11. The fraction of sp³-hybridized carbons (Fsp3) is 0.273. The molecule has 3 rings (SSSR count). The van der Waals surface area contributed by atoms with Crippen LogP contribution in [0.2, 0.25) is 0 Å². The highest BCUT2D eigenvalue weighted by molar-refractivity contribution is 5.89. The molecule has 0 atom stereocenters. The van der Waals surface area contributed by atoms with Crippen molar-refractivity contribution in [2.24, 2.45) is 0 Å². The summed E-state index contributed by atoms with van der Waals surface area (Å²) in [6, 6.07) is 1.95. The van der Waals surface area contributed by atoms with E-state index in [0.29, 0.717) is 0 Å². The Morgan fingerprint density at radius 3 is 3.20 bits per heavy atom. The molecule has 3 heterocycles. The van der Waals surface area contributed by atoms with Crippen LogP contribution < -0.4 is 5.32 Å². The Bertz CT molecular complexity index is 512. The number of hydrogen-bond acceptors (Lipinski definition) is 3. The zero-order chi connectivity index (χ0) is 10.1. The Morgan fingerprint density at radius 1 is 1.33 bits per heavy atom. The van der Waals surface area contributed by atoms with Gasteiger partial charge >= 0.3 is 0 Å². The van der Waals surface area contributed by atoms with E-state index in [2.05, 4.69) is 26.6 Å². The Kier molecular flexibility index (Phi) is 1.99. The van der Waals surface area contributed by atoms with Gasteiger partial charge in [0.05, 0.1) is 11.7 Å². The van der Waals surface area contributed by atoms with E-state index >= 15 is 0 Å². The predicted octanol–water partition coefficient (Wildman–Crippen LogP) is 1.33. The molecule has 1 aliphatic rings. The SMILES string of the molecule is C1=C(c2c[nH]c3ccnnc23)CCNC1. The Balaban J connectivity index is 2.14. The molecule has 2 aromatic rings. The molecule has 15 heavy (non-hydrogen) atoms. The summed E-state index contributed by atoms with van der Waals surface area (Å²) < 4.78 is 0. The van der Waals surface area contributed by atoms with Gasteiger partial charge in [-0.2, -0.15) is 5.10 Å². The summed E-state index contributed by atoms with van der Waals surface area (Å²) in [5.74, 6) is 0. The van der Waals surface area contributed by atoms with Crippen LogP contribution in [0.5, 0.6) is 0 Å². The second-order valence-corrected chi connectivity index (χ2v) is 3.68. The molecule has 0 aromatic carbocycles. The van der Waals surface area contributed by atoms with E-state index < -0.39 is 0 Å². The van der Waals surface area contributed by atoms with Gasteiger partial charge in [-0.15, -0.1) is 5.10 Å². The van der Waals surface area contributed by atoms with E-state index in [9.17, 15) is 0 Å². The second kappa shape index (κ2) is 3.47. The standard InChI is InChI=1S/C11H12N4/c1-4-12-5-2-8(1)9-7-13-10-3-6-14-15-11(9)10/h1,3,6-7,12-13H,2,4-5H2. The summed E-state index contributed by atoms with van der Waals surface area (Å²) in [6.45, 7) is 1.99. The number of nitrogens with one attached hydrogen (secondary N) is 2. The summed E-state index contributed by atoms with van der Waals surface area (Å²) in [5, 5.41) is 11.4. The van der Waals surface area contributed by atoms with E-state index in [-0.39, 0.29) is 0 Å². The van der Waals surface area contributed by atoms with Crippen molar-refractivity contribution in [3.8, 4) is 0 Å². The van der Waals surface area contributed by atoms with Gasteiger partial charge in [0.1, 0.15) is 5.52 Å². The van der Waals surface area contributed by atoms with Gasteiger partial charge in [0.15, 0.2) is 0 Å². The molecule has 0 unspecified atom stereocenters. The lowest BCUT2D eigenvalue weighted by Crippen LogP contribution is -2.19. The Labute approximate surface area is 87.4 Å². The largest absolute Gasteiger partial charge is 0.359 e. The summed E-state index contributed by atoms with van der Waals surface area (Å²) >= 11 is 0. The predicted molar refractivity (Wildman–Crippen MR) is 59.4 cm³/mol. The third kappa shape index (κ3) is 1.43. The first-order chi connectivity index (χ1) is 7.45. The number of nitrogens with zero attached hydrogens (tertiary/aromatic N) is 2. The maximum Gasteiger partial charge on any atom is 0.118 e. The van der Waals surface area contributed by atoms with Gasteiger partial charge in [-0.3, -0.25) is 0 Å². The van der Waals surface area contributed by atoms with Gasteiger partial charge in [0, 0.05) is 18.3 Å². The van der Waals surface area contributed by atoms with Crippen molar-refractivity contribution in [3.63, 3.8) is 0 Å². The molecule has 0 saturated carbocycles. The number of aromatic amines is 1. The number of aromatic nitrogens is 3. The molecule has 0 saturated heterocycles. The van der Waals surface area contributed by atoms with E-state index in [1.165, 1.54) is 11.1 Å². The highest BCUT2D eigenvalue weighted by Crippen LogP contribution is 2.25. The fourth-order valence-corrected chi connectivity index (χ4v) is 1.98. The minimum absolute atomic E-state index is 0.947. The Morgan fingerprint density at radius 2 is 2.33 bits per heavy atom. The highest BCUT2D eigenvalue weighted by atomic mass is 15.1. The maximum absolute atomic E-state index is 4.17. The molecule has 0 aliphatic carbocycles. The lowest BCUT2D eigenvalue weighted by Gasteiger charge is -2.12. The lowest BCUT2D eigenvalue weighted by molar-refractivity contribution is 0.739. The summed E-state index contributed by atoms with van der Waals surface area (Å²) in [6.07, 6.45) is 7.01. The minimum atomic E-state index is 0.947. The number of H-pyrrole nitrogens is 1. The summed E-state index contributed by atoms with van der Waals surface area (Å²) in [7, 11) is 0. The third-order valence-corrected chi connectivity index (χ3v) is 2.76. The van der Waals surface area contributed by atoms with Crippen molar-refractivity contribution in [2.75, 3.05) is 13.1 Å². The molecule has 4 nitrogen and oxygen atoms in total. The van der Waals surface area contributed by atoms with Crippen LogP contribution in [-0.4, -0.2) is 28.3 Å². The van der Waals surface area contributed by atoms with Crippen LogP contribution in [0.4, 0.5) is 0 Å². The average molecular weight is 200 g/mol. The zero-order valence-electron chi connectivity index (χ0n) is 8.33. The lowest BCUT2D eigenvalue weighted by atomic mass is 10.0. The maximum atomic E-state index is 4.17. The Hall–Kier alpha value is -1.68. The van der Waals surface area contributed by atoms with Gasteiger partial charge in [0.2, 0.25) is 0 Å². The molecule has 0 radical (unpaired) electrons. The molecule has 0 bridgehead atoms. The molecular weight excluding hydrogens is 188 g/mol. The first-order valence-corrected chi connectivity index (χ1v) is 5.14. The first kappa shape index (κ1) is 8.61. The summed E-state index contributed by atoms with van der Waals surface area (Å²) in [4.78, 5) is 3.22. The molecule has 0 amide bonds. The van der Waals surface area contributed by atoms with Gasteiger partial charge < -0.3 is 10.3 Å². The van der Waals surface area contributed by atoms with Crippen LogP contribution >= 0.6 is 0 Å². The molecule has 1 aliphatic heterocycles. The van der Waals surface area contributed by atoms with E-state index in [0.717, 1.165) is 30.5 Å². The van der Waals surface area contributed by atoms with Crippen LogP contribution in [-0.2, 0) is 0 Å². The number of fused-ring (bicyclic) bond motifs is 1. The van der Waals surface area contributed by atoms with Crippen molar-refractivity contribution >= 4 is 16.6 Å². The average Bonchev–Trinajstić information content (AvgIpc) is 2.74. The molecule has 0 fully saturated rings. The molecule has 2 N–H and O–H groups in total. The van der Waals surface area contributed by atoms with Gasteiger partial charge in [-0.05, 0) is 24.6 Å². The molecular formula is C11H12N4. The van der Waals surface area contributed by atoms with Crippen molar-refractivity contribution in [3.05, 3.63) is 30.1 Å². The topological polar surface area (TPSA) is 53.6 Å². The fourth-order valence-electron chi connectivity index (χ4n) is 1.98. The monoisotopic (exact) mass is 200 g/mol. The normalized spacial score (nSPS) is 16.7. The molecule has 4 heteroatoms. The molecule has 76 valence electrons. The van der Waals surface area contributed by atoms with E-state index in [4.69, 9.17) is 0 Å². The molecule has 2 aromatic heterocycles. The summed E-state index contributed by atoms with van der Waals surface area (Å²) in [5.41, 5.74) is 4.59. The van der Waals surface area contributed by atoms with Gasteiger partial charge in [-0.1, -0.05) is 6.08 Å². The second-order valence-electron chi connectivity index (χ2n) is 3.68. The van der Waals surface area contributed by atoms with Crippen molar-refractivity contribution in [1.29, 1.82) is 0 Å². The minimum Gasteiger partial charge on any atom is -0.359 e. The van der Waals surface area contributed by atoms with Crippen molar-refractivity contribution in [2.45, 2.75) is 6.42 Å². The smallest absolute Gasteiger partial charge is 0.118 e. The van der Waals surface area contributed by atoms with Crippen molar-refractivity contribution < 1.29 is 0 Å². The van der Waals surface area contributed by atoms with Crippen LogP contribution in [0.1, 0.15) is 12.0 Å². The van der Waals surface area contributed by atoms with Crippen LogP contribution in [0, 0.1) is 0 Å². The van der Waals surface area contributed by atoms with E-state index in [1.54, 1.807) is 6.20 Å². The van der Waals surface area contributed by atoms with E-state index in [1.807, 2.05) is 12.3 Å². The van der Waals surface area contributed by atoms with Gasteiger partial charge in [-0.25, -0.2) is 0 Å². The number of hydrogen-bond donors (Lipinski definition) is 2. The quantitative estimate of drug-likeness (QED) is 0.730. The van der Waals surface area contributed by atoms with Crippen molar-refractivity contribution in [1.82, 2.24) is 20.5 Å². The number of rotatable bonds is 1. The third-order valence-electron chi connectivity index (χ3n) is 2.76. The zero-order valence-corrected chi connectivity index (χ0v) is 8.33. The van der Waals surface area contributed by atoms with Crippen LogP contribution in [0.25, 0.3) is 16.6 Å². The van der Waals surface area contributed by atoms with Gasteiger partial charge in [0.25, 0.3) is 0 Å². The van der Waals surface area contributed by atoms with Crippen LogP contribution in [0.15, 0.2) is 24.5 Å². The first-order valence-electron chi connectivity index (χ1n) is 5.14.